The van der Waals surface area contributed by atoms with Crippen molar-refractivity contribution in [3.63, 3.8) is 0 Å². The number of carbonyl (C=O) groups excluding carboxylic acids is 2. The van der Waals surface area contributed by atoms with Gasteiger partial charge in [-0.1, -0.05) is 12.1 Å². The van der Waals surface area contributed by atoms with Gasteiger partial charge in [-0.15, -0.1) is 0 Å². The second-order valence-corrected chi connectivity index (χ2v) is 8.03. The summed E-state index contributed by atoms with van der Waals surface area (Å²) in [4.78, 5) is 34.9. The highest BCUT2D eigenvalue weighted by atomic mass is 19.4. The standard InChI is InChI=1S/C22H20F6N6O5/c1-11-3-4-13(20(37,22(26,27)28)18(35)33-39-19(36)21(23,24)25)7-14(11)15-9-30-17(29)16(32-15)12-8-31-34(10-12)5-6-38-2/h3-4,7-10,37H,5-6H2,1-2H3,(H2,29,30)(H,33,35). The number of amides is 1. The first-order chi connectivity index (χ1) is 18.1. The first-order valence-corrected chi connectivity index (χ1v) is 10.7. The van der Waals surface area contributed by atoms with Crippen LogP contribution < -0.4 is 11.2 Å². The van der Waals surface area contributed by atoms with E-state index in [4.69, 9.17) is 10.5 Å². The van der Waals surface area contributed by atoms with Crippen molar-refractivity contribution in [2.24, 2.45) is 0 Å². The van der Waals surface area contributed by atoms with Gasteiger partial charge in [-0.25, -0.2) is 14.8 Å². The van der Waals surface area contributed by atoms with E-state index in [-0.39, 0.29) is 22.8 Å². The first-order valence-electron chi connectivity index (χ1n) is 10.7. The molecule has 4 N–H and O–H groups in total. The minimum absolute atomic E-state index is 0.0170. The van der Waals surface area contributed by atoms with E-state index in [9.17, 15) is 41.0 Å². The number of nitrogens with zero attached hydrogens (tertiary/aromatic N) is 4. The summed E-state index contributed by atoms with van der Waals surface area (Å²) in [5.41, 5.74) is 1.95. The van der Waals surface area contributed by atoms with Crippen LogP contribution in [-0.2, 0) is 31.3 Å². The predicted molar refractivity (Wildman–Crippen MR) is 120 cm³/mol. The second kappa shape index (κ2) is 10.9. The van der Waals surface area contributed by atoms with E-state index in [0.29, 0.717) is 24.3 Å². The number of halogens is 6. The summed E-state index contributed by atoms with van der Waals surface area (Å²) in [5.74, 6) is -5.52. The number of hydrogen-bond donors (Lipinski definition) is 3. The van der Waals surface area contributed by atoms with E-state index >= 15 is 0 Å². The molecule has 0 aliphatic heterocycles. The van der Waals surface area contributed by atoms with E-state index < -0.39 is 35.4 Å². The van der Waals surface area contributed by atoms with Crippen LogP contribution in [0.5, 0.6) is 0 Å². The Morgan fingerprint density at radius 3 is 2.46 bits per heavy atom. The Balaban J connectivity index is 2.03. The molecule has 1 unspecified atom stereocenters. The normalized spacial score (nSPS) is 13.6. The quantitative estimate of drug-likeness (QED) is 0.291. The largest absolute Gasteiger partial charge is 0.493 e. The van der Waals surface area contributed by atoms with Crippen LogP contribution in [0.3, 0.4) is 0 Å². The number of benzene rings is 1. The Kier molecular flexibility index (Phi) is 8.16. The van der Waals surface area contributed by atoms with E-state index in [2.05, 4.69) is 19.9 Å². The number of carbonyl (C=O) groups is 2. The lowest BCUT2D eigenvalue weighted by molar-refractivity contribution is -0.262. The van der Waals surface area contributed by atoms with Crippen molar-refractivity contribution in [2.75, 3.05) is 19.5 Å². The van der Waals surface area contributed by atoms with Crippen molar-refractivity contribution in [1.29, 1.82) is 0 Å². The van der Waals surface area contributed by atoms with Gasteiger partial charge in [0.25, 0.3) is 11.5 Å². The zero-order valence-electron chi connectivity index (χ0n) is 20.1. The Morgan fingerprint density at radius 1 is 1.15 bits per heavy atom. The van der Waals surface area contributed by atoms with Gasteiger partial charge in [-0.2, -0.15) is 36.9 Å². The summed E-state index contributed by atoms with van der Waals surface area (Å²) < 4.78 is 85.3. The molecule has 2 aromatic heterocycles. The Labute approximate surface area is 215 Å². The average molecular weight is 562 g/mol. The van der Waals surface area contributed by atoms with Gasteiger partial charge in [0.1, 0.15) is 11.5 Å². The van der Waals surface area contributed by atoms with Crippen LogP contribution in [0.4, 0.5) is 32.2 Å². The molecule has 11 nitrogen and oxygen atoms in total. The maximum absolute atomic E-state index is 13.9. The van der Waals surface area contributed by atoms with Gasteiger partial charge in [-0.3, -0.25) is 9.48 Å². The minimum atomic E-state index is -5.76. The smallest absolute Gasteiger partial charge is 0.383 e. The number of aliphatic hydroxyl groups is 1. The molecule has 0 aliphatic carbocycles. The van der Waals surface area contributed by atoms with Gasteiger partial charge in [0.05, 0.1) is 31.2 Å². The van der Waals surface area contributed by atoms with Gasteiger partial charge in [0.15, 0.2) is 0 Å². The summed E-state index contributed by atoms with van der Waals surface area (Å²) in [6.07, 6.45) is -7.23. The highest BCUT2D eigenvalue weighted by Gasteiger charge is 2.61. The summed E-state index contributed by atoms with van der Waals surface area (Å²) in [6, 6.07) is 2.58. The number of nitrogens with two attached hydrogens (primary N) is 1. The van der Waals surface area contributed by atoms with Crippen LogP contribution in [0.25, 0.3) is 22.5 Å². The van der Waals surface area contributed by atoms with Crippen LogP contribution in [-0.4, -0.2) is 62.8 Å². The molecule has 0 bridgehead atoms. The maximum Gasteiger partial charge on any atom is 0.493 e. The number of alkyl halides is 6. The van der Waals surface area contributed by atoms with Crippen molar-refractivity contribution in [3.05, 3.63) is 47.9 Å². The lowest BCUT2D eigenvalue weighted by Gasteiger charge is -2.29. The third kappa shape index (κ3) is 6.09. The third-order valence-corrected chi connectivity index (χ3v) is 5.37. The number of nitrogens with one attached hydrogen (secondary N) is 1. The molecule has 1 atom stereocenters. The number of hydrogen-bond acceptors (Lipinski definition) is 9. The fourth-order valence-electron chi connectivity index (χ4n) is 3.30. The molecule has 0 spiro atoms. The van der Waals surface area contributed by atoms with Gasteiger partial charge >= 0.3 is 18.3 Å². The van der Waals surface area contributed by atoms with Crippen LogP contribution in [0, 0.1) is 6.92 Å². The minimum Gasteiger partial charge on any atom is -0.383 e. The molecule has 17 heteroatoms. The van der Waals surface area contributed by atoms with Crippen LogP contribution in [0.15, 0.2) is 36.8 Å². The van der Waals surface area contributed by atoms with Crippen molar-refractivity contribution in [1.82, 2.24) is 25.2 Å². The first kappa shape index (κ1) is 29.3. The molecule has 0 aliphatic rings. The molecule has 3 rings (SSSR count). The van der Waals surface area contributed by atoms with Crippen molar-refractivity contribution >= 4 is 17.7 Å². The summed E-state index contributed by atoms with van der Waals surface area (Å²) in [6.45, 7) is 2.25. The summed E-state index contributed by atoms with van der Waals surface area (Å²) in [7, 11) is 1.51. The molecule has 3 aromatic rings. The number of aryl methyl sites for hydroxylation is 1. The number of ether oxygens (including phenoxy) is 1. The van der Waals surface area contributed by atoms with Gasteiger partial charge in [0, 0.05) is 30.0 Å². The molecule has 0 radical (unpaired) electrons. The molecule has 1 aromatic carbocycles. The van der Waals surface area contributed by atoms with Gasteiger partial charge in [0.2, 0.25) is 0 Å². The van der Waals surface area contributed by atoms with Gasteiger partial charge in [-0.05, 0) is 18.6 Å². The van der Waals surface area contributed by atoms with E-state index in [1.165, 1.54) is 24.9 Å². The molecule has 0 saturated carbocycles. The van der Waals surface area contributed by atoms with Gasteiger partial charge < -0.3 is 20.4 Å². The summed E-state index contributed by atoms with van der Waals surface area (Å²) in [5, 5.41) is 14.6. The second-order valence-electron chi connectivity index (χ2n) is 8.03. The lowest BCUT2D eigenvalue weighted by atomic mass is 9.89. The number of nitrogen functional groups attached to an aromatic ring is 1. The monoisotopic (exact) mass is 562 g/mol. The number of aromatic nitrogens is 4. The molecule has 2 heterocycles. The summed E-state index contributed by atoms with van der Waals surface area (Å²) >= 11 is 0. The fraction of sp³-hybridized carbons (Fsp3) is 0.318. The average Bonchev–Trinajstić information content (AvgIpc) is 3.33. The molecular formula is C22H20F6N6O5. The molecule has 1 amide bonds. The third-order valence-electron chi connectivity index (χ3n) is 5.37. The maximum atomic E-state index is 13.9. The molecule has 0 saturated heterocycles. The van der Waals surface area contributed by atoms with Crippen molar-refractivity contribution in [3.8, 4) is 22.5 Å². The SMILES string of the molecule is COCCn1cc(-c2nc(-c3cc(C(O)(C(=O)NOC(=O)C(F)(F)F)C(F)(F)F)ccc3C)cnc2N)cn1. The zero-order chi connectivity index (χ0) is 29.2. The van der Waals surface area contributed by atoms with Crippen LogP contribution in [0.2, 0.25) is 0 Å². The number of anilines is 1. The molecule has 210 valence electrons. The lowest BCUT2D eigenvalue weighted by Crippen LogP contribution is -2.55. The van der Waals surface area contributed by atoms with Crippen LogP contribution >= 0.6 is 0 Å². The van der Waals surface area contributed by atoms with Crippen molar-refractivity contribution in [2.45, 2.75) is 31.4 Å². The topological polar surface area (TPSA) is 154 Å². The van der Waals surface area contributed by atoms with E-state index in [1.807, 2.05) is 0 Å². The molecular weight excluding hydrogens is 542 g/mol. The predicted octanol–water partition coefficient (Wildman–Crippen LogP) is 2.43. The Hall–Kier alpha value is -4.25. The fourth-order valence-corrected chi connectivity index (χ4v) is 3.30. The number of rotatable bonds is 7. The number of methoxy groups -OCH3 is 1. The zero-order valence-corrected chi connectivity index (χ0v) is 20.1. The highest BCUT2D eigenvalue weighted by Crippen LogP contribution is 2.41. The van der Waals surface area contributed by atoms with E-state index in [0.717, 1.165) is 29.9 Å². The van der Waals surface area contributed by atoms with Crippen molar-refractivity contribution < 1.29 is 50.6 Å². The Morgan fingerprint density at radius 2 is 1.85 bits per heavy atom. The molecule has 39 heavy (non-hydrogen) atoms. The van der Waals surface area contributed by atoms with Crippen LogP contribution in [0.1, 0.15) is 11.1 Å². The Bertz CT molecular complexity index is 1380. The molecule has 0 fully saturated rings. The highest BCUT2D eigenvalue weighted by molar-refractivity contribution is 5.88. The van der Waals surface area contributed by atoms with E-state index in [1.54, 1.807) is 6.20 Å². The number of hydroxylamine groups is 1.